The summed E-state index contributed by atoms with van der Waals surface area (Å²) in [7, 11) is -6.09. The standard InChI is InChI=1S/C16H34N.CHF3O3S/c1-3-5-6-7-8-9-10-11-14-17(4-2)15-12-13-16-17;2-1(3,4)8(5,6)7/h3-16H2,1-2H3;(H,5,6,7)/q+1;/p-1. The van der Waals surface area contributed by atoms with Gasteiger partial charge in [-0.25, -0.2) is 8.42 Å². The third kappa shape index (κ3) is 11.1. The fourth-order valence-corrected chi connectivity index (χ4v) is 3.29. The molecule has 1 rings (SSSR count). The molecular weight excluding hydrogens is 355 g/mol. The number of nitrogens with zero attached hydrogens (tertiary/aromatic N) is 1. The van der Waals surface area contributed by atoms with Gasteiger partial charge in [-0.2, -0.15) is 13.2 Å². The Kier molecular flexibility index (Phi) is 12.0. The fourth-order valence-electron chi connectivity index (χ4n) is 3.29. The SMILES string of the molecule is CCCCCCCCCC[N+]1(CC)CCCC1.O=S(=O)([O-])C(F)(F)F. The monoisotopic (exact) mass is 389 g/mol. The molecule has 1 fully saturated rings. The number of alkyl halides is 3. The second kappa shape index (κ2) is 12.1. The summed E-state index contributed by atoms with van der Waals surface area (Å²) in [5, 5.41) is 0. The highest BCUT2D eigenvalue weighted by Gasteiger charge is 2.36. The van der Waals surface area contributed by atoms with Crippen LogP contribution in [-0.4, -0.2) is 49.1 Å². The molecule has 152 valence electrons. The summed E-state index contributed by atoms with van der Waals surface area (Å²) < 4.78 is 60.3. The van der Waals surface area contributed by atoms with Crippen LogP contribution in [0.5, 0.6) is 0 Å². The summed E-state index contributed by atoms with van der Waals surface area (Å²) in [4.78, 5) is 0. The molecule has 0 amide bonds. The summed E-state index contributed by atoms with van der Waals surface area (Å²) >= 11 is 0. The van der Waals surface area contributed by atoms with Crippen molar-refractivity contribution in [2.24, 2.45) is 0 Å². The zero-order valence-corrected chi connectivity index (χ0v) is 16.4. The lowest BCUT2D eigenvalue weighted by Crippen LogP contribution is -2.45. The highest BCUT2D eigenvalue weighted by Crippen LogP contribution is 2.21. The second-order valence-electron chi connectivity index (χ2n) is 6.91. The zero-order valence-electron chi connectivity index (χ0n) is 15.6. The van der Waals surface area contributed by atoms with Gasteiger partial charge in [0.15, 0.2) is 10.1 Å². The lowest BCUT2D eigenvalue weighted by atomic mass is 10.1. The average molecular weight is 390 g/mol. The molecule has 8 heteroatoms. The van der Waals surface area contributed by atoms with Crippen LogP contribution in [0.2, 0.25) is 0 Å². The molecule has 0 aliphatic carbocycles. The number of hydrogen-bond donors (Lipinski definition) is 0. The molecule has 1 aliphatic heterocycles. The molecule has 0 unspecified atom stereocenters. The highest BCUT2D eigenvalue weighted by molar-refractivity contribution is 7.86. The molecule has 0 aromatic heterocycles. The average Bonchev–Trinajstić information content (AvgIpc) is 2.98. The number of hydrogen-bond acceptors (Lipinski definition) is 3. The molecular formula is C17H34F3NO3S. The van der Waals surface area contributed by atoms with Crippen molar-refractivity contribution in [3.63, 3.8) is 0 Å². The van der Waals surface area contributed by atoms with Crippen molar-refractivity contribution in [1.82, 2.24) is 0 Å². The number of halogens is 3. The first-order valence-electron chi connectivity index (χ1n) is 9.45. The van der Waals surface area contributed by atoms with Gasteiger partial charge in [0.25, 0.3) is 0 Å². The van der Waals surface area contributed by atoms with Gasteiger partial charge in [0.1, 0.15) is 0 Å². The van der Waals surface area contributed by atoms with E-state index in [-0.39, 0.29) is 0 Å². The van der Waals surface area contributed by atoms with E-state index < -0.39 is 15.6 Å². The Hall–Kier alpha value is -0.340. The van der Waals surface area contributed by atoms with E-state index in [0.29, 0.717) is 0 Å². The van der Waals surface area contributed by atoms with E-state index in [1.54, 1.807) is 0 Å². The topological polar surface area (TPSA) is 57.2 Å². The Labute approximate surface area is 151 Å². The molecule has 25 heavy (non-hydrogen) atoms. The normalized spacial score (nSPS) is 17.2. The number of likely N-dealkylation sites (tertiary alicyclic amines) is 1. The molecule has 1 aliphatic rings. The van der Waals surface area contributed by atoms with Crippen molar-refractivity contribution in [2.75, 3.05) is 26.2 Å². The molecule has 0 saturated carbocycles. The van der Waals surface area contributed by atoms with Crippen molar-refractivity contribution in [3.05, 3.63) is 0 Å². The van der Waals surface area contributed by atoms with E-state index >= 15 is 0 Å². The van der Waals surface area contributed by atoms with Gasteiger partial charge in [0, 0.05) is 12.8 Å². The third-order valence-electron chi connectivity index (χ3n) is 4.96. The minimum absolute atomic E-state index is 1.37. The minimum atomic E-state index is -6.09. The van der Waals surface area contributed by atoms with Crippen LogP contribution < -0.4 is 0 Å². The van der Waals surface area contributed by atoms with E-state index in [1.807, 2.05) is 0 Å². The second-order valence-corrected chi connectivity index (χ2v) is 8.28. The van der Waals surface area contributed by atoms with Crippen LogP contribution >= 0.6 is 0 Å². The first-order chi connectivity index (χ1) is 11.6. The maximum Gasteiger partial charge on any atom is 0.485 e. The number of quaternary nitrogens is 1. The fraction of sp³-hybridized carbons (Fsp3) is 1.00. The Bertz CT molecular complexity index is 433. The molecule has 0 spiro atoms. The molecule has 1 saturated heterocycles. The zero-order chi connectivity index (χ0) is 19.4. The predicted molar refractivity (Wildman–Crippen MR) is 93.0 cm³/mol. The summed E-state index contributed by atoms with van der Waals surface area (Å²) in [6.45, 7) is 10.4. The van der Waals surface area contributed by atoms with E-state index in [9.17, 15) is 13.2 Å². The Morgan fingerprint density at radius 1 is 0.880 bits per heavy atom. The smallest absolute Gasteiger partial charge is 0.485 e. The van der Waals surface area contributed by atoms with Gasteiger partial charge in [-0.15, -0.1) is 0 Å². The summed E-state index contributed by atoms with van der Waals surface area (Å²) in [6.07, 6.45) is 14.6. The minimum Gasteiger partial charge on any atom is -0.741 e. The van der Waals surface area contributed by atoms with Gasteiger partial charge < -0.3 is 9.04 Å². The van der Waals surface area contributed by atoms with E-state index in [0.717, 1.165) is 0 Å². The summed E-state index contributed by atoms with van der Waals surface area (Å²) in [6, 6.07) is 0. The lowest BCUT2D eigenvalue weighted by molar-refractivity contribution is -0.915. The first kappa shape index (κ1) is 24.7. The molecule has 1 heterocycles. The molecule has 0 radical (unpaired) electrons. The first-order valence-corrected chi connectivity index (χ1v) is 10.9. The predicted octanol–water partition coefficient (Wildman–Crippen LogP) is 4.81. The largest absolute Gasteiger partial charge is 0.741 e. The van der Waals surface area contributed by atoms with Crippen LogP contribution in [0.4, 0.5) is 13.2 Å². The van der Waals surface area contributed by atoms with Gasteiger partial charge in [0.2, 0.25) is 0 Å². The van der Waals surface area contributed by atoms with Crippen LogP contribution in [0.25, 0.3) is 0 Å². The third-order valence-corrected chi connectivity index (χ3v) is 5.52. The van der Waals surface area contributed by atoms with Gasteiger partial charge in [-0.1, -0.05) is 45.4 Å². The number of rotatable bonds is 10. The maximum atomic E-state index is 10.7. The van der Waals surface area contributed by atoms with Crippen LogP contribution in [0.15, 0.2) is 0 Å². The van der Waals surface area contributed by atoms with Gasteiger partial charge in [0.05, 0.1) is 26.2 Å². The number of unbranched alkanes of at least 4 members (excludes halogenated alkanes) is 7. The van der Waals surface area contributed by atoms with Crippen molar-refractivity contribution in [3.8, 4) is 0 Å². The van der Waals surface area contributed by atoms with E-state index in [4.69, 9.17) is 13.0 Å². The van der Waals surface area contributed by atoms with Crippen LogP contribution in [0.3, 0.4) is 0 Å². The Balaban J connectivity index is 0.000000609. The van der Waals surface area contributed by atoms with Crippen molar-refractivity contribution < 1.29 is 30.6 Å². The maximum absolute atomic E-state index is 10.7. The van der Waals surface area contributed by atoms with Gasteiger partial charge >= 0.3 is 5.51 Å². The van der Waals surface area contributed by atoms with E-state index in [2.05, 4.69) is 13.8 Å². The van der Waals surface area contributed by atoms with Crippen molar-refractivity contribution in [2.45, 2.75) is 83.6 Å². The van der Waals surface area contributed by atoms with E-state index in [1.165, 1.54) is 94.9 Å². The molecule has 0 aromatic rings. The molecule has 4 nitrogen and oxygen atoms in total. The van der Waals surface area contributed by atoms with Crippen LogP contribution in [0.1, 0.15) is 78.1 Å². The highest BCUT2D eigenvalue weighted by atomic mass is 32.2. The van der Waals surface area contributed by atoms with Gasteiger partial charge in [-0.3, -0.25) is 0 Å². The Morgan fingerprint density at radius 3 is 1.64 bits per heavy atom. The summed E-state index contributed by atoms with van der Waals surface area (Å²) in [5.74, 6) is 0. The molecule has 0 bridgehead atoms. The van der Waals surface area contributed by atoms with Crippen LogP contribution in [0, 0.1) is 0 Å². The quantitative estimate of drug-likeness (QED) is 0.233. The van der Waals surface area contributed by atoms with Crippen molar-refractivity contribution in [1.29, 1.82) is 0 Å². The lowest BCUT2D eigenvalue weighted by Gasteiger charge is -2.33. The van der Waals surface area contributed by atoms with Gasteiger partial charge in [-0.05, 0) is 19.8 Å². The van der Waals surface area contributed by atoms with Crippen molar-refractivity contribution >= 4 is 10.1 Å². The molecule has 0 atom stereocenters. The summed E-state index contributed by atoms with van der Waals surface area (Å²) in [5.41, 5.74) is -5.65. The molecule has 0 N–H and O–H groups in total. The van der Waals surface area contributed by atoms with Crippen LogP contribution in [-0.2, 0) is 10.1 Å². The Morgan fingerprint density at radius 2 is 1.28 bits per heavy atom. The molecule has 0 aromatic carbocycles.